The first-order valence-corrected chi connectivity index (χ1v) is 7.28. The van der Waals surface area contributed by atoms with Crippen molar-refractivity contribution in [2.24, 2.45) is 0 Å². The van der Waals surface area contributed by atoms with E-state index >= 15 is 0 Å². The molecule has 118 valence electrons. The SMILES string of the molecule is CCCN(CCN(C)C)c1cc(C)c(N)c(C(=O)OC)c1. The zero-order valence-electron chi connectivity index (χ0n) is 13.8. The van der Waals surface area contributed by atoms with E-state index in [0.29, 0.717) is 11.3 Å². The first-order valence-electron chi connectivity index (χ1n) is 7.28. The highest BCUT2D eigenvalue weighted by Crippen LogP contribution is 2.26. The van der Waals surface area contributed by atoms with E-state index < -0.39 is 0 Å². The predicted octanol–water partition coefficient (Wildman–Crippen LogP) is 2.14. The average Bonchev–Trinajstić information content (AvgIpc) is 2.45. The topological polar surface area (TPSA) is 58.8 Å². The molecule has 2 N–H and O–H groups in total. The van der Waals surface area contributed by atoms with Crippen molar-refractivity contribution in [2.45, 2.75) is 20.3 Å². The molecule has 0 bridgehead atoms. The molecule has 0 saturated heterocycles. The highest BCUT2D eigenvalue weighted by Gasteiger charge is 2.16. The molecule has 0 aliphatic rings. The normalized spacial score (nSPS) is 10.8. The number of methoxy groups -OCH3 is 1. The van der Waals surface area contributed by atoms with Gasteiger partial charge in [0, 0.05) is 31.0 Å². The molecule has 1 aromatic carbocycles. The number of esters is 1. The van der Waals surface area contributed by atoms with Gasteiger partial charge in [-0.25, -0.2) is 4.79 Å². The third-order valence-corrected chi connectivity index (χ3v) is 3.45. The fourth-order valence-electron chi connectivity index (χ4n) is 2.20. The van der Waals surface area contributed by atoms with Crippen molar-refractivity contribution in [3.05, 3.63) is 23.3 Å². The number of rotatable bonds is 7. The summed E-state index contributed by atoms with van der Waals surface area (Å²) in [5, 5.41) is 0. The predicted molar refractivity (Wildman–Crippen MR) is 88.0 cm³/mol. The number of hydrogen-bond acceptors (Lipinski definition) is 5. The van der Waals surface area contributed by atoms with Crippen molar-refractivity contribution < 1.29 is 9.53 Å². The van der Waals surface area contributed by atoms with E-state index in [1.807, 2.05) is 19.1 Å². The van der Waals surface area contributed by atoms with Crippen LogP contribution in [0.2, 0.25) is 0 Å². The molecule has 0 atom stereocenters. The Bertz CT molecular complexity index is 487. The van der Waals surface area contributed by atoms with Crippen molar-refractivity contribution in [1.29, 1.82) is 0 Å². The standard InChI is InChI=1S/C16H27N3O2/c1-6-7-19(9-8-18(3)4)13-10-12(2)15(17)14(11-13)16(20)21-5/h10-11H,6-9,17H2,1-5H3. The Morgan fingerprint density at radius 2 is 1.90 bits per heavy atom. The lowest BCUT2D eigenvalue weighted by molar-refractivity contribution is 0.0602. The number of carbonyl (C=O) groups excluding carboxylic acids is 1. The number of likely N-dealkylation sites (N-methyl/N-ethyl adjacent to an activating group) is 1. The molecule has 21 heavy (non-hydrogen) atoms. The summed E-state index contributed by atoms with van der Waals surface area (Å²) in [7, 11) is 5.48. The Hall–Kier alpha value is -1.75. The highest BCUT2D eigenvalue weighted by atomic mass is 16.5. The third kappa shape index (κ3) is 4.63. The van der Waals surface area contributed by atoms with E-state index in [1.54, 1.807) is 0 Å². The number of nitrogen functional groups attached to an aromatic ring is 1. The Balaban J connectivity index is 3.13. The lowest BCUT2D eigenvalue weighted by Crippen LogP contribution is -2.32. The molecule has 0 saturated carbocycles. The van der Waals surface area contributed by atoms with Crippen LogP contribution < -0.4 is 10.6 Å². The summed E-state index contributed by atoms with van der Waals surface area (Å²) in [4.78, 5) is 16.3. The number of carbonyl (C=O) groups is 1. The second-order valence-corrected chi connectivity index (χ2v) is 5.51. The maximum Gasteiger partial charge on any atom is 0.340 e. The largest absolute Gasteiger partial charge is 0.465 e. The lowest BCUT2D eigenvalue weighted by Gasteiger charge is -2.27. The maximum absolute atomic E-state index is 11.9. The molecule has 0 radical (unpaired) electrons. The van der Waals surface area contributed by atoms with Crippen LogP contribution in [0.25, 0.3) is 0 Å². The molecule has 1 rings (SSSR count). The number of benzene rings is 1. The molecule has 0 aliphatic heterocycles. The number of aryl methyl sites for hydroxylation is 1. The molecule has 0 unspecified atom stereocenters. The van der Waals surface area contributed by atoms with Gasteiger partial charge in [0.1, 0.15) is 0 Å². The van der Waals surface area contributed by atoms with E-state index in [2.05, 4.69) is 30.8 Å². The summed E-state index contributed by atoms with van der Waals surface area (Å²) in [5.74, 6) is -0.387. The fourth-order valence-corrected chi connectivity index (χ4v) is 2.20. The van der Waals surface area contributed by atoms with Crippen molar-refractivity contribution in [3.63, 3.8) is 0 Å². The Labute approximate surface area is 127 Å². The number of anilines is 2. The van der Waals surface area contributed by atoms with Crippen molar-refractivity contribution in [2.75, 3.05) is 51.5 Å². The highest BCUT2D eigenvalue weighted by molar-refractivity contribution is 5.97. The molecule has 0 heterocycles. The molecule has 0 aromatic heterocycles. The Kier molecular flexibility index (Phi) is 6.49. The van der Waals surface area contributed by atoms with Crippen LogP contribution in [0.4, 0.5) is 11.4 Å². The molecule has 1 aromatic rings. The van der Waals surface area contributed by atoms with Gasteiger partial charge in [-0.2, -0.15) is 0 Å². The molecule has 0 spiro atoms. The minimum atomic E-state index is -0.387. The van der Waals surface area contributed by atoms with Crippen LogP contribution in [0.5, 0.6) is 0 Å². The molecule has 5 nitrogen and oxygen atoms in total. The van der Waals surface area contributed by atoms with Gasteiger partial charge in [-0.15, -0.1) is 0 Å². The molecule has 0 fully saturated rings. The second-order valence-electron chi connectivity index (χ2n) is 5.51. The summed E-state index contributed by atoms with van der Waals surface area (Å²) in [6.07, 6.45) is 1.05. The first kappa shape index (κ1) is 17.3. The minimum Gasteiger partial charge on any atom is -0.465 e. The molecule has 0 aliphatic carbocycles. The minimum absolute atomic E-state index is 0.387. The number of ether oxygens (including phenoxy) is 1. The summed E-state index contributed by atoms with van der Waals surface area (Å²) in [6, 6.07) is 3.87. The van der Waals surface area contributed by atoms with Gasteiger partial charge in [-0.05, 0) is 45.1 Å². The molecular formula is C16H27N3O2. The van der Waals surface area contributed by atoms with Gasteiger partial charge in [0.25, 0.3) is 0 Å². The fraction of sp³-hybridized carbons (Fsp3) is 0.562. The van der Waals surface area contributed by atoms with Crippen LogP contribution in [0.3, 0.4) is 0 Å². The van der Waals surface area contributed by atoms with Gasteiger partial charge in [0.05, 0.1) is 12.7 Å². The monoisotopic (exact) mass is 293 g/mol. The van der Waals surface area contributed by atoms with E-state index in [-0.39, 0.29) is 5.97 Å². The smallest absolute Gasteiger partial charge is 0.340 e. The molecular weight excluding hydrogens is 266 g/mol. The Morgan fingerprint density at radius 3 is 2.43 bits per heavy atom. The summed E-state index contributed by atoms with van der Waals surface area (Å²) >= 11 is 0. The van der Waals surface area contributed by atoms with Crippen LogP contribution in [0.1, 0.15) is 29.3 Å². The average molecular weight is 293 g/mol. The van der Waals surface area contributed by atoms with Gasteiger partial charge in [0.15, 0.2) is 0 Å². The van der Waals surface area contributed by atoms with Crippen LogP contribution in [-0.2, 0) is 4.74 Å². The van der Waals surface area contributed by atoms with Crippen LogP contribution >= 0.6 is 0 Å². The van der Waals surface area contributed by atoms with Crippen LogP contribution in [0, 0.1) is 6.92 Å². The summed E-state index contributed by atoms with van der Waals surface area (Å²) in [6.45, 7) is 6.87. The maximum atomic E-state index is 11.9. The van der Waals surface area contributed by atoms with E-state index in [0.717, 1.165) is 37.3 Å². The molecule has 0 amide bonds. The first-order chi connectivity index (χ1) is 9.90. The third-order valence-electron chi connectivity index (χ3n) is 3.45. The van der Waals surface area contributed by atoms with Crippen LogP contribution in [-0.4, -0.2) is 51.7 Å². The summed E-state index contributed by atoms with van der Waals surface area (Å²) in [5.41, 5.74) is 8.86. The van der Waals surface area contributed by atoms with Crippen molar-refractivity contribution in [1.82, 2.24) is 4.90 Å². The Morgan fingerprint density at radius 1 is 1.24 bits per heavy atom. The molecule has 5 heteroatoms. The second kappa shape index (κ2) is 7.88. The zero-order chi connectivity index (χ0) is 16.0. The van der Waals surface area contributed by atoms with Crippen molar-refractivity contribution >= 4 is 17.3 Å². The van der Waals surface area contributed by atoms with E-state index in [9.17, 15) is 4.79 Å². The van der Waals surface area contributed by atoms with Gasteiger partial charge in [-0.1, -0.05) is 6.92 Å². The van der Waals surface area contributed by atoms with Gasteiger partial charge in [-0.3, -0.25) is 0 Å². The number of nitrogens with zero attached hydrogens (tertiary/aromatic N) is 2. The van der Waals surface area contributed by atoms with Gasteiger partial charge >= 0.3 is 5.97 Å². The number of hydrogen-bond donors (Lipinski definition) is 1. The zero-order valence-corrected chi connectivity index (χ0v) is 13.8. The summed E-state index contributed by atoms with van der Waals surface area (Å²) < 4.78 is 4.82. The van der Waals surface area contributed by atoms with Crippen LogP contribution in [0.15, 0.2) is 12.1 Å². The van der Waals surface area contributed by atoms with Crippen molar-refractivity contribution in [3.8, 4) is 0 Å². The number of nitrogens with two attached hydrogens (primary N) is 1. The van der Waals surface area contributed by atoms with Gasteiger partial charge < -0.3 is 20.3 Å². The van der Waals surface area contributed by atoms with E-state index in [4.69, 9.17) is 10.5 Å². The quantitative estimate of drug-likeness (QED) is 0.616. The lowest BCUT2D eigenvalue weighted by atomic mass is 10.1. The van der Waals surface area contributed by atoms with E-state index in [1.165, 1.54) is 7.11 Å². The van der Waals surface area contributed by atoms with Gasteiger partial charge in [0.2, 0.25) is 0 Å².